The summed E-state index contributed by atoms with van der Waals surface area (Å²) in [6, 6.07) is 7.03. The highest BCUT2D eigenvalue weighted by Crippen LogP contribution is 2.18. The smallest absolute Gasteiger partial charge is 0.305 e. The fourth-order valence-electron chi connectivity index (χ4n) is 2.05. The van der Waals surface area contributed by atoms with Crippen LogP contribution in [-0.2, 0) is 9.59 Å². The summed E-state index contributed by atoms with van der Waals surface area (Å²) in [5.41, 5.74) is 1.95. The third kappa shape index (κ3) is 2.68. The molecule has 1 saturated heterocycles. The Kier molecular flexibility index (Phi) is 3.62. The quantitative estimate of drug-likeness (QED) is 0.829. The number of carbonyl (C=O) groups excluding carboxylic acids is 1. The van der Waals surface area contributed by atoms with Gasteiger partial charge in [0.2, 0.25) is 5.91 Å². The third-order valence-electron chi connectivity index (χ3n) is 3.01. The molecule has 1 unspecified atom stereocenters. The van der Waals surface area contributed by atoms with Crippen LogP contribution in [0, 0.1) is 6.92 Å². The van der Waals surface area contributed by atoms with Crippen molar-refractivity contribution in [2.24, 2.45) is 0 Å². The zero-order valence-electron chi connectivity index (χ0n) is 10.2. The lowest BCUT2D eigenvalue weighted by atomic mass is 10.1. The number of nitrogens with zero attached hydrogens (tertiary/aromatic N) is 1. The Bertz CT molecular complexity index is 456. The Morgan fingerprint density at radius 1 is 1.44 bits per heavy atom. The molecule has 1 aliphatic heterocycles. The largest absolute Gasteiger partial charge is 0.481 e. The van der Waals surface area contributed by atoms with Gasteiger partial charge in [-0.2, -0.15) is 0 Å². The molecule has 2 N–H and O–H groups in total. The van der Waals surface area contributed by atoms with Crippen molar-refractivity contribution in [2.45, 2.75) is 19.4 Å². The molecule has 5 heteroatoms. The van der Waals surface area contributed by atoms with E-state index in [1.807, 2.05) is 31.2 Å². The predicted octanol–water partition coefficient (Wildman–Crippen LogP) is 0.775. The molecule has 1 heterocycles. The molecule has 1 fully saturated rings. The van der Waals surface area contributed by atoms with E-state index < -0.39 is 12.0 Å². The number of piperazine rings is 1. The van der Waals surface area contributed by atoms with Crippen LogP contribution >= 0.6 is 0 Å². The normalized spacial score (nSPS) is 19.9. The van der Waals surface area contributed by atoms with E-state index >= 15 is 0 Å². The van der Waals surface area contributed by atoms with Crippen molar-refractivity contribution >= 4 is 17.6 Å². The van der Waals surface area contributed by atoms with Crippen LogP contribution in [0.4, 0.5) is 5.69 Å². The molecule has 1 aromatic rings. The Balaban J connectivity index is 2.15. The molecule has 5 nitrogen and oxygen atoms in total. The van der Waals surface area contributed by atoms with Crippen LogP contribution in [0.25, 0.3) is 0 Å². The molecule has 96 valence electrons. The molecule has 1 aromatic carbocycles. The van der Waals surface area contributed by atoms with Gasteiger partial charge in [-0.15, -0.1) is 0 Å². The maximum Gasteiger partial charge on any atom is 0.305 e. The summed E-state index contributed by atoms with van der Waals surface area (Å²) in [6.45, 7) is 3.16. The summed E-state index contributed by atoms with van der Waals surface area (Å²) < 4.78 is 0. The Morgan fingerprint density at radius 2 is 2.11 bits per heavy atom. The van der Waals surface area contributed by atoms with E-state index in [0.29, 0.717) is 13.1 Å². The number of rotatable bonds is 3. The predicted molar refractivity (Wildman–Crippen MR) is 67.6 cm³/mol. The van der Waals surface area contributed by atoms with Crippen molar-refractivity contribution in [3.8, 4) is 0 Å². The van der Waals surface area contributed by atoms with Crippen molar-refractivity contribution in [1.82, 2.24) is 5.32 Å². The Hall–Kier alpha value is -1.88. The Labute approximate surface area is 105 Å². The second kappa shape index (κ2) is 5.18. The van der Waals surface area contributed by atoms with Crippen LogP contribution in [0.1, 0.15) is 12.0 Å². The summed E-state index contributed by atoms with van der Waals surface area (Å²) >= 11 is 0. The van der Waals surface area contributed by atoms with Gasteiger partial charge in [0, 0.05) is 18.8 Å². The first-order chi connectivity index (χ1) is 8.58. The fraction of sp³-hybridized carbons (Fsp3) is 0.385. The molecule has 0 aliphatic carbocycles. The van der Waals surface area contributed by atoms with Crippen molar-refractivity contribution in [3.05, 3.63) is 29.8 Å². The maximum absolute atomic E-state index is 12.1. The number of hydrogen-bond acceptors (Lipinski definition) is 3. The first-order valence-electron chi connectivity index (χ1n) is 5.91. The number of anilines is 1. The Morgan fingerprint density at radius 3 is 2.72 bits per heavy atom. The summed E-state index contributed by atoms with van der Waals surface area (Å²) in [5, 5.41) is 11.7. The van der Waals surface area contributed by atoms with E-state index in [9.17, 15) is 9.59 Å². The number of amides is 1. The van der Waals surface area contributed by atoms with Crippen molar-refractivity contribution in [1.29, 1.82) is 0 Å². The average molecular weight is 248 g/mol. The highest BCUT2D eigenvalue weighted by atomic mass is 16.4. The van der Waals surface area contributed by atoms with Crippen LogP contribution in [0.3, 0.4) is 0 Å². The second-order valence-electron chi connectivity index (χ2n) is 4.43. The van der Waals surface area contributed by atoms with Crippen LogP contribution in [-0.4, -0.2) is 36.1 Å². The molecular weight excluding hydrogens is 232 g/mol. The van der Waals surface area contributed by atoms with Crippen molar-refractivity contribution in [3.63, 3.8) is 0 Å². The first-order valence-corrected chi connectivity index (χ1v) is 5.91. The van der Waals surface area contributed by atoms with Gasteiger partial charge in [-0.1, -0.05) is 17.7 Å². The summed E-state index contributed by atoms with van der Waals surface area (Å²) in [7, 11) is 0. The van der Waals surface area contributed by atoms with Gasteiger partial charge < -0.3 is 15.3 Å². The van der Waals surface area contributed by atoms with E-state index in [-0.39, 0.29) is 12.3 Å². The summed E-state index contributed by atoms with van der Waals surface area (Å²) in [6.07, 6.45) is -0.179. The van der Waals surface area contributed by atoms with Crippen LogP contribution in [0.2, 0.25) is 0 Å². The number of hydrogen-bond donors (Lipinski definition) is 2. The first kappa shape index (κ1) is 12.6. The molecule has 0 radical (unpaired) electrons. The molecule has 1 atom stereocenters. The highest BCUT2D eigenvalue weighted by Gasteiger charge is 2.30. The van der Waals surface area contributed by atoms with E-state index in [2.05, 4.69) is 5.32 Å². The molecular formula is C13H16N2O3. The van der Waals surface area contributed by atoms with Gasteiger partial charge >= 0.3 is 5.97 Å². The lowest BCUT2D eigenvalue weighted by molar-refractivity contribution is -0.139. The molecule has 2 rings (SSSR count). The minimum atomic E-state index is -0.966. The van der Waals surface area contributed by atoms with Gasteiger partial charge in [-0.05, 0) is 19.1 Å². The molecule has 0 aromatic heterocycles. The maximum atomic E-state index is 12.1. The number of carbonyl (C=O) groups is 2. The monoisotopic (exact) mass is 248 g/mol. The molecule has 1 aliphatic rings. The van der Waals surface area contributed by atoms with Crippen molar-refractivity contribution in [2.75, 3.05) is 18.0 Å². The van der Waals surface area contributed by atoms with E-state index in [1.165, 1.54) is 0 Å². The number of carboxylic acid groups (broad SMARTS) is 1. The SMILES string of the molecule is Cc1ccc(N2CCNC(CC(=O)O)C2=O)cc1. The zero-order valence-corrected chi connectivity index (χ0v) is 10.2. The van der Waals surface area contributed by atoms with E-state index in [4.69, 9.17) is 5.11 Å². The molecule has 0 saturated carbocycles. The van der Waals surface area contributed by atoms with Gasteiger partial charge in [-0.25, -0.2) is 0 Å². The van der Waals surface area contributed by atoms with Gasteiger partial charge in [0.05, 0.1) is 12.5 Å². The minimum Gasteiger partial charge on any atom is -0.481 e. The molecule has 1 amide bonds. The average Bonchev–Trinajstić information content (AvgIpc) is 2.33. The van der Waals surface area contributed by atoms with Crippen LogP contribution < -0.4 is 10.2 Å². The molecule has 18 heavy (non-hydrogen) atoms. The van der Waals surface area contributed by atoms with E-state index in [0.717, 1.165) is 11.3 Å². The van der Waals surface area contributed by atoms with Gasteiger partial charge in [0.1, 0.15) is 0 Å². The second-order valence-corrected chi connectivity index (χ2v) is 4.43. The topological polar surface area (TPSA) is 69.6 Å². The lowest BCUT2D eigenvalue weighted by Crippen LogP contribution is -2.55. The van der Waals surface area contributed by atoms with Gasteiger partial charge in [-0.3, -0.25) is 9.59 Å². The summed E-state index contributed by atoms with van der Waals surface area (Å²) in [5.74, 6) is -1.14. The standard InChI is InChI=1S/C13H16N2O3/c1-9-2-4-10(5-3-9)15-7-6-14-11(13(15)18)8-12(16)17/h2-5,11,14H,6-8H2,1H3,(H,16,17). The summed E-state index contributed by atoms with van der Waals surface area (Å²) in [4.78, 5) is 24.5. The highest BCUT2D eigenvalue weighted by molar-refractivity contribution is 5.99. The third-order valence-corrected chi connectivity index (χ3v) is 3.01. The zero-order chi connectivity index (χ0) is 13.1. The lowest BCUT2D eigenvalue weighted by Gasteiger charge is -2.32. The fourth-order valence-corrected chi connectivity index (χ4v) is 2.05. The van der Waals surface area contributed by atoms with E-state index in [1.54, 1.807) is 4.90 Å². The number of benzene rings is 1. The van der Waals surface area contributed by atoms with Crippen LogP contribution in [0.5, 0.6) is 0 Å². The molecule has 0 spiro atoms. The van der Waals surface area contributed by atoms with Gasteiger partial charge in [0.25, 0.3) is 0 Å². The van der Waals surface area contributed by atoms with Crippen molar-refractivity contribution < 1.29 is 14.7 Å². The number of nitrogens with one attached hydrogen (secondary N) is 1. The van der Waals surface area contributed by atoms with Crippen LogP contribution in [0.15, 0.2) is 24.3 Å². The molecule has 0 bridgehead atoms. The number of carboxylic acids is 1. The number of aryl methyl sites for hydroxylation is 1. The minimum absolute atomic E-state index is 0.174. The number of aliphatic carboxylic acids is 1. The van der Waals surface area contributed by atoms with Gasteiger partial charge in [0.15, 0.2) is 0 Å².